The topological polar surface area (TPSA) is 138 Å². The van der Waals surface area contributed by atoms with E-state index in [0.717, 1.165) is 24.3 Å². The van der Waals surface area contributed by atoms with Crippen molar-refractivity contribution in [2.75, 3.05) is 26.2 Å². The number of hydrogen-bond acceptors (Lipinski definition) is 7. The fourth-order valence-corrected chi connectivity index (χ4v) is 3.12. The number of urea groups is 1. The van der Waals surface area contributed by atoms with Gasteiger partial charge in [0.25, 0.3) is 5.91 Å². The molecule has 11 nitrogen and oxygen atoms in total. The second kappa shape index (κ2) is 8.07. The Hall–Kier alpha value is -1.47. The predicted molar refractivity (Wildman–Crippen MR) is 80.6 cm³/mol. The number of nitrogens with zero attached hydrogens (tertiary/aromatic N) is 2. The SMILES string of the molecule is CCN1C(=O)N(OS(=O)(=O)O)CC[C@H]1C(=O)NOC[C@@H]1CCCN1. The molecule has 2 saturated heterocycles. The molecule has 2 aliphatic rings. The first kappa shape index (κ1) is 18.9. The minimum absolute atomic E-state index is 0.131. The number of carbonyl (C=O) groups is 2. The van der Waals surface area contributed by atoms with Gasteiger partial charge in [0.05, 0.1) is 13.2 Å². The smallest absolute Gasteiger partial charge is 0.312 e. The van der Waals surface area contributed by atoms with Crippen molar-refractivity contribution >= 4 is 22.3 Å². The number of rotatable bonds is 7. The van der Waals surface area contributed by atoms with E-state index in [1.54, 1.807) is 6.92 Å². The number of likely N-dealkylation sites (N-methyl/N-ethyl adjacent to an activating group) is 1. The summed E-state index contributed by atoms with van der Waals surface area (Å²) in [5.41, 5.74) is 2.33. The second-order valence-corrected chi connectivity index (χ2v) is 6.55. The minimum Gasteiger partial charge on any atom is -0.312 e. The van der Waals surface area contributed by atoms with Crippen LogP contribution in [0.2, 0.25) is 0 Å². The van der Waals surface area contributed by atoms with E-state index >= 15 is 0 Å². The summed E-state index contributed by atoms with van der Waals surface area (Å²) < 4.78 is 34.3. The molecule has 0 aromatic heterocycles. The Morgan fingerprint density at radius 1 is 1.46 bits per heavy atom. The third-order valence-corrected chi connectivity index (χ3v) is 4.26. The van der Waals surface area contributed by atoms with E-state index in [-0.39, 0.29) is 25.6 Å². The maximum absolute atomic E-state index is 12.2. The van der Waals surface area contributed by atoms with Crippen molar-refractivity contribution in [3.8, 4) is 0 Å². The molecule has 0 spiro atoms. The van der Waals surface area contributed by atoms with Crippen LogP contribution in [-0.2, 0) is 24.3 Å². The number of hydroxylamine groups is 3. The lowest BCUT2D eigenvalue weighted by molar-refractivity contribution is -0.142. The van der Waals surface area contributed by atoms with Crippen LogP contribution in [0.15, 0.2) is 0 Å². The summed E-state index contributed by atoms with van der Waals surface area (Å²) in [6, 6.07) is -1.43. The highest BCUT2D eigenvalue weighted by molar-refractivity contribution is 7.80. The average Bonchev–Trinajstić information content (AvgIpc) is 3.01. The maximum atomic E-state index is 12.2. The molecule has 2 heterocycles. The van der Waals surface area contributed by atoms with Gasteiger partial charge in [0, 0.05) is 12.6 Å². The van der Waals surface area contributed by atoms with Gasteiger partial charge in [-0.05, 0) is 32.7 Å². The van der Waals surface area contributed by atoms with Gasteiger partial charge in [-0.25, -0.2) is 10.3 Å². The van der Waals surface area contributed by atoms with E-state index in [1.165, 1.54) is 0 Å². The van der Waals surface area contributed by atoms with Crippen molar-refractivity contribution in [3.63, 3.8) is 0 Å². The third kappa shape index (κ3) is 5.01. The first-order valence-electron chi connectivity index (χ1n) is 7.72. The van der Waals surface area contributed by atoms with E-state index in [9.17, 15) is 18.0 Å². The van der Waals surface area contributed by atoms with E-state index < -0.39 is 28.4 Å². The highest BCUT2D eigenvalue weighted by Crippen LogP contribution is 2.18. The summed E-state index contributed by atoms with van der Waals surface area (Å²) in [6.07, 6.45) is 2.17. The van der Waals surface area contributed by atoms with Gasteiger partial charge in [-0.2, -0.15) is 13.5 Å². The summed E-state index contributed by atoms with van der Waals surface area (Å²) in [5, 5.41) is 3.73. The summed E-state index contributed by atoms with van der Waals surface area (Å²) in [6.45, 7) is 2.89. The lowest BCUT2D eigenvalue weighted by Gasteiger charge is -2.38. The van der Waals surface area contributed by atoms with Crippen LogP contribution in [0.4, 0.5) is 4.79 Å². The van der Waals surface area contributed by atoms with Crippen molar-refractivity contribution in [2.45, 2.75) is 38.3 Å². The van der Waals surface area contributed by atoms with Crippen LogP contribution in [0.1, 0.15) is 26.2 Å². The second-order valence-electron chi connectivity index (χ2n) is 5.55. The minimum atomic E-state index is -4.80. The van der Waals surface area contributed by atoms with Gasteiger partial charge in [-0.1, -0.05) is 0 Å². The van der Waals surface area contributed by atoms with Gasteiger partial charge in [0.1, 0.15) is 6.04 Å². The van der Waals surface area contributed by atoms with Crippen LogP contribution < -0.4 is 10.8 Å². The molecular formula is C12H22N4O7S. The number of hydrogen-bond donors (Lipinski definition) is 3. The quantitative estimate of drug-likeness (QED) is 0.387. The number of amides is 3. The maximum Gasteiger partial charge on any atom is 0.418 e. The van der Waals surface area contributed by atoms with Gasteiger partial charge in [-0.3, -0.25) is 14.2 Å². The summed E-state index contributed by atoms with van der Waals surface area (Å²) in [5.74, 6) is -0.491. The van der Waals surface area contributed by atoms with Crippen LogP contribution in [-0.4, -0.2) is 73.2 Å². The molecule has 0 aromatic carbocycles. The molecule has 138 valence electrons. The number of nitrogens with one attached hydrogen (secondary N) is 2. The standard InChI is InChI=1S/C12H22N4O7S/c1-2-15-10(5-7-16(12(15)18)23-24(19,20)21)11(17)14-22-8-9-4-3-6-13-9/h9-10,13H,2-8H2,1H3,(H,14,17)(H,19,20,21)/t9-,10-/m0/s1. The Morgan fingerprint density at radius 2 is 2.21 bits per heavy atom. The highest BCUT2D eigenvalue weighted by atomic mass is 32.3. The molecule has 0 bridgehead atoms. The average molecular weight is 366 g/mol. The molecule has 3 amide bonds. The molecule has 0 radical (unpaired) electrons. The molecule has 2 fully saturated rings. The van der Waals surface area contributed by atoms with Crippen LogP contribution in [0.25, 0.3) is 0 Å². The summed E-state index contributed by atoms with van der Waals surface area (Å²) >= 11 is 0. The Labute approximate surface area is 140 Å². The van der Waals surface area contributed by atoms with Crippen LogP contribution >= 0.6 is 0 Å². The van der Waals surface area contributed by atoms with E-state index in [1.807, 2.05) is 0 Å². The van der Waals surface area contributed by atoms with Crippen LogP contribution in [0.3, 0.4) is 0 Å². The molecule has 12 heteroatoms. The Balaban J connectivity index is 1.87. The van der Waals surface area contributed by atoms with Crippen molar-refractivity contribution in [2.24, 2.45) is 0 Å². The third-order valence-electron chi connectivity index (χ3n) is 3.89. The first-order chi connectivity index (χ1) is 11.3. The van der Waals surface area contributed by atoms with Crippen molar-refractivity contribution in [1.29, 1.82) is 0 Å². The Morgan fingerprint density at radius 3 is 2.79 bits per heavy atom. The lowest BCUT2D eigenvalue weighted by atomic mass is 10.1. The zero-order chi connectivity index (χ0) is 17.7. The molecule has 2 aliphatic heterocycles. The Bertz CT molecular complexity index is 564. The molecular weight excluding hydrogens is 344 g/mol. The lowest BCUT2D eigenvalue weighted by Crippen LogP contribution is -2.59. The fourth-order valence-electron chi connectivity index (χ4n) is 2.76. The summed E-state index contributed by atoms with van der Waals surface area (Å²) in [7, 11) is -4.80. The fraction of sp³-hybridized carbons (Fsp3) is 0.833. The molecule has 0 saturated carbocycles. The molecule has 0 aliphatic carbocycles. The van der Waals surface area contributed by atoms with Crippen molar-refractivity contribution < 1.29 is 31.7 Å². The molecule has 0 aromatic rings. The van der Waals surface area contributed by atoms with Crippen LogP contribution in [0.5, 0.6) is 0 Å². The van der Waals surface area contributed by atoms with Gasteiger partial charge in [0.2, 0.25) is 0 Å². The van der Waals surface area contributed by atoms with E-state index in [0.29, 0.717) is 11.7 Å². The van der Waals surface area contributed by atoms with Gasteiger partial charge in [0.15, 0.2) is 0 Å². The predicted octanol–water partition coefficient (Wildman–Crippen LogP) is -0.963. The highest BCUT2D eigenvalue weighted by Gasteiger charge is 2.39. The number of carbonyl (C=O) groups excluding carboxylic acids is 2. The monoisotopic (exact) mass is 366 g/mol. The van der Waals surface area contributed by atoms with Crippen LogP contribution in [0, 0.1) is 0 Å². The van der Waals surface area contributed by atoms with Gasteiger partial charge >= 0.3 is 16.4 Å². The Kier molecular flexibility index (Phi) is 6.34. The normalized spacial score (nSPS) is 25.2. The van der Waals surface area contributed by atoms with Gasteiger partial charge < -0.3 is 10.2 Å². The van der Waals surface area contributed by atoms with E-state index in [4.69, 9.17) is 9.39 Å². The zero-order valence-corrected chi connectivity index (χ0v) is 14.1. The molecule has 2 atom stereocenters. The zero-order valence-electron chi connectivity index (χ0n) is 13.3. The van der Waals surface area contributed by atoms with E-state index in [2.05, 4.69) is 15.1 Å². The van der Waals surface area contributed by atoms with Crippen molar-refractivity contribution in [1.82, 2.24) is 20.8 Å². The molecule has 24 heavy (non-hydrogen) atoms. The first-order valence-corrected chi connectivity index (χ1v) is 9.08. The van der Waals surface area contributed by atoms with Crippen molar-refractivity contribution in [3.05, 3.63) is 0 Å². The largest absolute Gasteiger partial charge is 0.418 e. The molecule has 2 rings (SSSR count). The molecule has 0 unspecified atom stereocenters. The van der Waals surface area contributed by atoms with Gasteiger partial charge in [-0.15, -0.1) is 4.28 Å². The molecule has 3 N–H and O–H groups in total. The summed E-state index contributed by atoms with van der Waals surface area (Å²) in [4.78, 5) is 30.7.